The average molecular weight is 720 g/mol. The van der Waals surface area contributed by atoms with Crippen molar-refractivity contribution < 1.29 is 14.3 Å². The highest BCUT2D eigenvalue weighted by Crippen LogP contribution is 2.43. The van der Waals surface area contributed by atoms with Gasteiger partial charge in [-0.2, -0.15) is 5.26 Å². The molecule has 4 aromatic rings. The summed E-state index contributed by atoms with van der Waals surface area (Å²) < 4.78 is 13.0. The number of benzene rings is 2. The van der Waals surface area contributed by atoms with Crippen LogP contribution in [-0.2, 0) is 6.42 Å². The Morgan fingerprint density at radius 3 is 2.46 bits per heavy atom. The molecule has 0 radical (unpaired) electrons. The summed E-state index contributed by atoms with van der Waals surface area (Å²) in [5.74, 6) is 2.03. The van der Waals surface area contributed by atoms with Gasteiger partial charge >= 0.3 is 0 Å². The van der Waals surface area contributed by atoms with E-state index >= 15 is 0 Å². The van der Waals surface area contributed by atoms with Gasteiger partial charge in [-0.25, -0.2) is 4.98 Å². The largest absolute Gasteiger partial charge is 0.495 e. The quantitative estimate of drug-likeness (QED) is 0.239. The molecule has 0 atom stereocenters. The molecule has 188 valence electrons. The SMILES string of the molecule is COc1cc(OC)c(I)c(-c2ccc(C(=O)Nc3nc(CC4CC(C#N)C4)c[nH]3)c3nccnc23)c1I. The first-order valence-electron chi connectivity index (χ1n) is 11.5. The molecule has 0 bridgehead atoms. The van der Waals surface area contributed by atoms with E-state index in [-0.39, 0.29) is 11.8 Å². The van der Waals surface area contributed by atoms with Crippen molar-refractivity contribution in [3.63, 3.8) is 0 Å². The Labute approximate surface area is 240 Å². The van der Waals surface area contributed by atoms with Crippen LogP contribution < -0.4 is 14.8 Å². The van der Waals surface area contributed by atoms with Gasteiger partial charge in [-0.1, -0.05) is 6.07 Å². The molecule has 9 nitrogen and oxygen atoms in total. The van der Waals surface area contributed by atoms with Crippen molar-refractivity contribution in [1.82, 2.24) is 19.9 Å². The third-order valence-electron chi connectivity index (χ3n) is 6.49. The van der Waals surface area contributed by atoms with Crippen LogP contribution in [0.3, 0.4) is 0 Å². The summed E-state index contributed by atoms with van der Waals surface area (Å²) in [6.07, 6.45) is 7.58. The number of aromatic amines is 1. The number of carbonyl (C=O) groups excluding carboxylic acids is 1. The molecular formula is C26H22I2N6O3. The van der Waals surface area contributed by atoms with Crippen molar-refractivity contribution in [3.8, 4) is 28.7 Å². The van der Waals surface area contributed by atoms with E-state index in [2.05, 4.69) is 76.5 Å². The molecule has 0 aliphatic heterocycles. The van der Waals surface area contributed by atoms with Gasteiger partial charge in [0.25, 0.3) is 5.91 Å². The predicted octanol–water partition coefficient (Wildman–Crippen LogP) is 5.59. The summed E-state index contributed by atoms with van der Waals surface area (Å²) in [6.45, 7) is 0. The number of nitrogens with zero attached hydrogens (tertiary/aromatic N) is 4. The Morgan fingerprint density at radius 1 is 1.14 bits per heavy atom. The molecule has 11 heteroatoms. The lowest BCUT2D eigenvalue weighted by molar-refractivity contribution is 0.102. The molecular weight excluding hydrogens is 698 g/mol. The number of hydrogen-bond donors (Lipinski definition) is 2. The molecule has 1 saturated carbocycles. The zero-order valence-corrected chi connectivity index (χ0v) is 24.3. The number of nitriles is 1. The Morgan fingerprint density at radius 2 is 1.81 bits per heavy atom. The predicted molar refractivity (Wildman–Crippen MR) is 156 cm³/mol. The summed E-state index contributed by atoms with van der Waals surface area (Å²) in [4.78, 5) is 29.9. The molecule has 0 saturated heterocycles. The fraction of sp³-hybridized carbons (Fsp3) is 0.269. The highest BCUT2D eigenvalue weighted by atomic mass is 127. The van der Waals surface area contributed by atoms with E-state index < -0.39 is 0 Å². The second-order valence-corrected chi connectivity index (χ2v) is 10.9. The van der Waals surface area contributed by atoms with E-state index in [1.807, 2.05) is 12.1 Å². The number of rotatable bonds is 7. The number of H-pyrrole nitrogens is 1. The van der Waals surface area contributed by atoms with Gasteiger partial charge in [-0.15, -0.1) is 0 Å². The van der Waals surface area contributed by atoms with Gasteiger partial charge in [0.05, 0.1) is 44.2 Å². The van der Waals surface area contributed by atoms with Crippen molar-refractivity contribution in [2.24, 2.45) is 11.8 Å². The minimum absolute atomic E-state index is 0.158. The first-order chi connectivity index (χ1) is 17.9. The van der Waals surface area contributed by atoms with Gasteiger partial charge in [-0.05, 0) is 76.4 Å². The van der Waals surface area contributed by atoms with Crippen molar-refractivity contribution in [2.45, 2.75) is 19.3 Å². The van der Waals surface area contributed by atoms with E-state index in [4.69, 9.17) is 14.7 Å². The minimum Gasteiger partial charge on any atom is -0.495 e. The molecule has 37 heavy (non-hydrogen) atoms. The van der Waals surface area contributed by atoms with Gasteiger partial charge < -0.3 is 14.5 Å². The van der Waals surface area contributed by atoms with Crippen molar-refractivity contribution in [2.75, 3.05) is 19.5 Å². The highest BCUT2D eigenvalue weighted by Gasteiger charge is 2.29. The lowest BCUT2D eigenvalue weighted by Crippen LogP contribution is -2.24. The molecule has 1 fully saturated rings. The second-order valence-electron chi connectivity index (χ2n) is 8.76. The molecule has 0 unspecified atom stereocenters. The third kappa shape index (κ3) is 4.96. The van der Waals surface area contributed by atoms with E-state index in [0.717, 1.165) is 43.2 Å². The van der Waals surface area contributed by atoms with Crippen molar-refractivity contribution in [1.29, 1.82) is 5.26 Å². The summed E-state index contributed by atoms with van der Waals surface area (Å²) in [5.41, 5.74) is 4.06. The Kier molecular flexibility index (Phi) is 7.47. The fourth-order valence-electron chi connectivity index (χ4n) is 4.57. The smallest absolute Gasteiger partial charge is 0.260 e. The Balaban J connectivity index is 1.46. The molecule has 2 heterocycles. The monoisotopic (exact) mass is 720 g/mol. The normalized spacial score (nSPS) is 16.6. The summed E-state index contributed by atoms with van der Waals surface area (Å²) >= 11 is 4.50. The highest BCUT2D eigenvalue weighted by molar-refractivity contribution is 14.1. The molecule has 1 aliphatic rings. The van der Waals surface area contributed by atoms with Gasteiger partial charge in [0.1, 0.15) is 17.0 Å². The zero-order valence-electron chi connectivity index (χ0n) is 20.0. The topological polar surface area (TPSA) is 126 Å². The average Bonchev–Trinajstić information content (AvgIpc) is 3.32. The molecule has 2 aromatic heterocycles. The molecule has 1 aliphatic carbocycles. The molecule has 5 rings (SSSR count). The maximum Gasteiger partial charge on any atom is 0.260 e. The lowest BCUT2D eigenvalue weighted by atomic mass is 9.74. The molecule has 2 aromatic carbocycles. The number of aromatic nitrogens is 4. The number of fused-ring (bicyclic) bond motifs is 1. The van der Waals surface area contributed by atoms with Crippen LogP contribution in [0.2, 0.25) is 0 Å². The Hall–Kier alpha value is -2.99. The number of anilines is 1. The lowest BCUT2D eigenvalue weighted by Gasteiger charge is -2.29. The van der Waals surface area contributed by atoms with Gasteiger partial charge in [0.15, 0.2) is 0 Å². The Bertz CT molecular complexity index is 1510. The van der Waals surface area contributed by atoms with Crippen molar-refractivity contribution >= 4 is 68.1 Å². The number of nitrogens with one attached hydrogen (secondary N) is 2. The van der Waals surface area contributed by atoms with Gasteiger partial charge in [0, 0.05) is 41.7 Å². The number of halogens is 2. The van der Waals surface area contributed by atoms with Crippen LogP contribution >= 0.6 is 45.2 Å². The van der Waals surface area contributed by atoms with Crippen LogP contribution in [0.1, 0.15) is 28.9 Å². The summed E-state index contributed by atoms with van der Waals surface area (Å²) in [5, 5.41) is 11.8. The van der Waals surface area contributed by atoms with E-state index in [1.54, 1.807) is 38.9 Å². The maximum absolute atomic E-state index is 13.3. The van der Waals surface area contributed by atoms with Crippen molar-refractivity contribution in [3.05, 3.63) is 55.2 Å². The summed E-state index contributed by atoms with van der Waals surface area (Å²) in [7, 11) is 3.24. The second kappa shape index (κ2) is 10.8. The molecule has 2 N–H and O–H groups in total. The number of amides is 1. The molecule has 0 spiro atoms. The van der Waals surface area contributed by atoms with Crippen LogP contribution in [-0.4, -0.2) is 40.1 Å². The van der Waals surface area contributed by atoms with Gasteiger partial charge in [0.2, 0.25) is 5.95 Å². The zero-order chi connectivity index (χ0) is 26.1. The minimum atomic E-state index is -0.334. The number of methoxy groups -OCH3 is 2. The number of hydrogen-bond acceptors (Lipinski definition) is 7. The number of imidazole rings is 1. The van der Waals surface area contributed by atoms with Crippen LogP contribution in [0.5, 0.6) is 11.5 Å². The summed E-state index contributed by atoms with van der Waals surface area (Å²) in [6, 6.07) is 7.78. The standard InChI is InChI=1S/C26H22I2N6O3/c1-36-18-10-19(37-2)22(28)20(21(18)27)16-3-4-17(24-23(16)30-5-6-31-24)25(35)34-26-32-12-15(33-26)9-13-7-14(8-13)11-29/h3-6,10,12-14H,7-9H2,1-2H3,(H2,32,33,34,35). The van der Waals surface area contributed by atoms with Crippen LogP contribution in [0, 0.1) is 30.3 Å². The number of carbonyl (C=O) groups is 1. The fourth-order valence-corrected chi connectivity index (χ4v) is 6.96. The van der Waals surface area contributed by atoms with E-state index in [0.29, 0.717) is 40.0 Å². The van der Waals surface area contributed by atoms with Crippen LogP contribution in [0.4, 0.5) is 5.95 Å². The molecule has 1 amide bonds. The third-order valence-corrected chi connectivity index (χ3v) is 8.63. The maximum atomic E-state index is 13.3. The van der Waals surface area contributed by atoms with Crippen LogP contribution in [0.25, 0.3) is 22.2 Å². The van der Waals surface area contributed by atoms with E-state index in [1.165, 1.54) is 0 Å². The first kappa shape index (κ1) is 25.7. The van der Waals surface area contributed by atoms with Crippen LogP contribution in [0.15, 0.2) is 36.8 Å². The van der Waals surface area contributed by atoms with E-state index in [9.17, 15) is 4.79 Å². The number of ether oxygens (including phenoxy) is 2. The first-order valence-corrected chi connectivity index (χ1v) is 13.7. The van der Waals surface area contributed by atoms with Gasteiger partial charge in [-0.3, -0.25) is 20.1 Å².